The van der Waals surface area contributed by atoms with Crippen molar-refractivity contribution in [3.63, 3.8) is 0 Å². The summed E-state index contributed by atoms with van der Waals surface area (Å²) in [5, 5.41) is 3.94. The quantitative estimate of drug-likeness (QED) is 0.388. The number of hydrogen-bond donors (Lipinski definition) is 1. The van der Waals surface area contributed by atoms with Crippen LogP contribution in [0.2, 0.25) is 0 Å². The van der Waals surface area contributed by atoms with Crippen LogP contribution in [0, 0.1) is 0 Å². The maximum absolute atomic E-state index is 12.5. The number of aromatic nitrogens is 3. The van der Waals surface area contributed by atoms with Crippen molar-refractivity contribution in [3.8, 4) is 0 Å². The van der Waals surface area contributed by atoms with Crippen LogP contribution in [0.3, 0.4) is 0 Å². The van der Waals surface area contributed by atoms with Crippen molar-refractivity contribution in [2.24, 2.45) is 0 Å². The van der Waals surface area contributed by atoms with Gasteiger partial charge in [0.25, 0.3) is 5.91 Å². The van der Waals surface area contributed by atoms with Gasteiger partial charge in [0.15, 0.2) is 5.16 Å². The molecule has 0 bridgehead atoms. The molecule has 7 heteroatoms. The predicted octanol–water partition coefficient (Wildman–Crippen LogP) is 4.68. The number of carbonyl (C=O) groups excluding carboxylic acids is 1. The molecular formula is C26H26N4O2S. The molecule has 2 aromatic heterocycles. The first-order valence-electron chi connectivity index (χ1n) is 11.2. The molecule has 4 aromatic rings. The van der Waals surface area contributed by atoms with Crippen molar-refractivity contribution in [3.05, 3.63) is 89.7 Å². The van der Waals surface area contributed by atoms with E-state index in [0.717, 1.165) is 47.0 Å². The number of nitrogens with zero attached hydrogens (tertiary/aromatic N) is 3. The van der Waals surface area contributed by atoms with Crippen LogP contribution in [0.5, 0.6) is 0 Å². The Bertz CT molecular complexity index is 1220. The molecule has 1 amide bonds. The van der Waals surface area contributed by atoms with Crippen LogP contribution in [0.15, 0.2) is 78.2 Å². The molecule has 0 unspecified atom stereocenters. The minimum atomic E-state index is -0.0616. The van der Waals surface area contributed by atoms with Crippen molar-refractivity contribution >= 4 is 28.7 Å². The molecule has 5 rings (SSSR count). The Labute approximate surface area is 197 Å². The molecule has 1 fully saturated rings. The van der Waals surface area contributed by atoms with E-state index in [4.69, 9.17) is 9.72 Å². The third kappa shape index (κ3) is 5.26. The molecular weight excluding hydrogens is 432 g/mol. The normalized spacial score (nSPS) is 15.7. The molecule has 0 spiro atoms. The van der Waals surface area contributed by atoms with Gasteiger partial charge in [0.2, 0.25) is 0 Å². The highest BCUT2D eigenvalue weighted by atomic mass is 32.2. The van der Waals surface area contributed by atoms with Gasteiger partial charge in [-0.15, -0.1) is 0 Å². The molecule has 33 heavy (non-hydrogen) atoms. The van der Waals surface area contributed by atoms with E-state index in [2.05, 4.69) is 39.1 Å². The largest absolute Gasteiger partial charge is 0.376 e. The van der Waals surface area contributed by atoms with Crippen molar-refractivity contribution in [1.29, 1.82) is 0 Å². The first kappa shape index (κ1) is 21.7. The average Bonchev–Trinajstić information content (AvgIpc) is 3.51. The summed E-state index contributed by atoms with van der Waals surface area (Å²) in [6, 6.07) is 20.1. The molecule has 1 aliphatic heterocycles. The van der Waals surface area contributed by atoms with Crippen LogP contribution in [-0.4, -0.2) is 39.7 Å². The summed E-state index contributed by atoms with van der Waals surface area (Å²) in [5.41, 5.74) is 4.97. The molecule has 0 saturated carbocycles. The van der Waals surface area contributed by atoms with Gasteiger partial charge in [-0.25, -0.2) is 4.98 Å². The second kappa shape index (κ2) is 10.2. The lowest BCUT2D eigenvalue weighted by Gasteiger charge is -2.12. The minimum absolute atomic E-state index is 0.0616. The second-order valence-corrected chi connectivity index (χ2v) is 9.10. The Morgan fingerprint density at radius 2 is 1.94 bits per heavy atom. The van der Waals surface area contributed by atoms with Gasteiger partial charge in [0.1, 0.15) is 0 Å². The minimum Gasteiger partial charge on any atom is -0.376 e. The maximum atomic E-state index is 12.5. The van der Waals surface area contributed by atoms with Crippen molar-refractivity contribution in [2.45, 2.75) is 36.4 Å². The monoisotopic (exact) mass is 458 g/mol. The number of ether oxygens (including phenoxy) is 1. The van der Waals surface area contributed by atoms with Gasteiger partial charge >= 0.3 is 0 Å². The van der Waals surface area contributed by atoms with Crippen molar-refractivity contribution in [2.75, 3.05) is 13.2 Å². The first-order valence-corrected chi connectivity index (χ1v) is 12.2. The predicted molar refractivity (Wildman–Crippen MR) is 130 cm³/mol. The molecule has 0 aliphatic carbocycles. The van der Waals surface area contributed by atoms with E-state index < -0.39 is 0 Å². The van der Waals surface area contributed by atoms with E-state index in [9.17, 15) is 4.79 Å². The van der Waals surface area contributed by atoms with Gasteiger partial charge in [-0.05, 0) is 42.2 Å². The summed E-state index contributed by atoms with van der Waals surface area (Å²) in [7, 11) is 0. The third-order valence-electron chi connectivity index (χ3n) is 5.80. The second-order valence-electron chi connectivity index (χ2n) is 8.16. The summed E-state index contributed by atoms with van der Waals surface area (Å²) in [6.07, 6.45) is 5.86. The third-order valence-corrected chi connectivity index (χ3v) is 6.84. The van der Waals surface area contributed by atoms with Gasteiger partial charge in [-0.1, -0.05) is 54.2 Å². The highest BCUT2D eigenvalue weighted by Gasteiger charge is 2.17. The highest BCUT2D eigenvalue weighted by Crippen LogP contribution is 2.27. The molecule has 2 aromatic carbocycles. The number of amides is 1. The molecule has 1 atom stereocenters. The van der Waals surface area contributed by atoms with Crippen LogP contribution in [0.1, 0.15) is 34.3 Å². The standard InChI is InChI=1S/C26H26N4O2S/c31-25(28-15-22-7-4-14-32-22)21-10-8-19(9-11-21)17-30-24-16-27-13-12-23(24)29-26(30)33-18-20-5-2-1-3-6-20/h1-3,5-6,8-13,16,22H,4,7,14-15,17-18H2,(H,28,31)/t22-/m0/s1. The van der Waals surface area contributed by atoms with Crippen molar-refractivity contribution < 1.29 is 9.53 Å². The van der Waals surface area contributed by atoms with Crippen LogP contribution < -0.4 is 5.32 Å². The number of imidazole rings is 1. The maximum Gasteiger partial charge on any atom is 0.251 e. The molecule has 0 radical (unpaired) electrons. The molecule has 6 nitrogen and oxygen atoms in total. The Hall–Kier alpha value is -3.16. The Balaban J connectivity index is 1.30. The van der Waals surface area contributed by atoms with Gasteiger partial charge in [0.05, 0.1) is 29.9 Å². The number of fused-ring (bicyclic) bond motifs is 1. The number of carbonyl (C=O) groups is 1. The van der Waals surface area contributed by atoms with Crippen LogP contribution in [0.4, 0.5) is 0 Å². The molecule has 3 heterocycles. The number of thioether (sulfide) groups is 1. The Morgan fingerprint density at radius 1 is 1.09 bits per heavy atom. The van der Waals surface area contributed by atoms with Crippen LogP contribution in [-0.2, 0) is 17.0 Å². The van der Waals surface area contributed by atoms with E-state index in [-0.39, 0.29) is 12.0 Å². The molecule has 168 valence electrons. The van der Waals surface area contributed by atoms with E-state index in [1.807, 2.05) is 42.6 Å². The summed E-state index contributed by atoms with van der Waals surface area (Å²) in [5.74, 6) is 0.787. The fourth-order valence-corrected chi connectivity index (χ4v) is 4.96. The summed E-state index contributed by atoms with van der Waals surface area (Å²) in [6.45, 7) is 2.02. The summed E-state index contributed by atoms with van der Waals surface area (Å²) < 4.78 is 7.78. The van der Waals surface area contributed by atoms with E-state index in [1.165, 1.54) is 5.56 Å². The number of rotatable bonds is 8. The smallest absolute Gasteiger partial charge is 0.251 e. The van der Waals surface area contributed by atoms with E-state index in [1.54, 1.807) is 18.0 Å². The number of pyridine rings is 1. The van der Waals surface area contributed by atoms with Crippen LogP contribution in [0.25, 0.3) is 11.0 Å². The number of hydrogen-bond acceptors (Lipinski definition) is 5. The number of nitrogens with one attached hydrogen (secondary N) is 1. The fourth-order valence-electron chi connectivity index (χ4n) is 3.99. The first-order chi connectivity index (χ1) is 16.3. The van der Waals surface area contributed by atoms with Gasteiger partial charge in [-0.3, -0.25) is 9.78 Å². The lowest BCUT2D eigenvalue weighted by molar-refractivity contribution is 0.0858. The summed E-state index contributed by atoms with van der Waals surface area (Å²) >= 11 is 1.72. The zero-order valence-electron chi connectivity index (χ0n) is 18.3. The molecule has 1 saturated heterocycles. The summed E-state index contributed by atoms with van der Waals surface area (Å²) in [4.78, 5) is 21.6. The van der Waals surface area contributed by atoms with Gasteiger partial charge in [0, 0.05) is 30.7 Å². The fraction of sp³-hybridized carbons (Fsp3) is 0.269. The zero-order valence-corrected chi connectivity index (χ0v) is 19.1. The average molecular weight is 459 g/mol. The topological polar surface area (TPSA) is 69.0 Å². The van der Waals surface area contributed by atoms with Crippen molar-refractivity contribution in [1.82, 2.24) is 19.9 Å². The van der Waals surface area contributed by atoms with E-state index in [0.29, 0.717) is 18.7 Å². The highest BCUT2D eigenvalue weighted by molar-refractivity contribution is 7.98. The molecule has 1 N–H and O–H groups in total. The van der Waals surface area contributed by atoms with Crippen LogP contribution >= 0.6 is 11.8 Å². The van der Waals surface area contributed by atoms with Gasteiger partial charge in [-0.2, -0.15) is 0 Å². The van der Waals surface area contributed by atoms with Gasteiger partial charge < -0.3 is 14.6 Å². The number of benzene rings is 2. The Morgan fingerprint density at radius 3 is 2.73 bits per heavy atom. The lowest BCUT2D eigenvalue weighted by atomic mass is 10.1. The Kier molecular flexibility index (Phi) is 6.69. The molecule has 1 aliphatic rings. The van der Waals surface area contributed by atoms with E-state index >= 15 is 0 Å². The lowest BCUT2D eigenvalue weighted by Crippen LogP contribution is -2.31. The zero-order chi connectivity index (χ0) is 22.5. The SMILES string of the molecule is O=C(NC[C@@H]1CCCO1)c1ccc(Cn2c(SCc3ccccc3)nc3ccncc32)cc1.